The third-order valence-corrected chi connectivity index (χ3v) is 3.23. The van der Waals surface area contributed by atoms with Gasteiger partial charge in [0.2, 0.25) is 0 Å². The molecule has 0 aliphatic carbocycles. The molecule has 2 aromatic rings. The summed E-state index contributed by atoms with van der Waals surface area (Å²) in [6, 6.07) is 12.3. The third kappa shape index (κ3) is 4.39. The smallest absolute Gasteiger partial charge is 0.262 e. The van der Waals surface area contributed by atoms with E-state index in [2.05, 4.69) is 21.2 Å². The Morgan fingerprint density at radius 1 is 1.24 bits per heavy atom. The van der Waals surface area contributed by atoms with Gasteiger partial charge in [0.1, 0.15) is 11.5 Å². The average molecular weight is 351 g/mol. The van der Waals surface area contributed by atoms with Crippen molar-refractivity contribution >= 4 is 33.2 Å². The molecule has 0 radical (unpaired) electrons. The zero-order valence-electron chi connectivity index (χ0n) is 11.4. The molecule has 0 saturated carbocycles. The van der Waals surface area contributed by atoms with Crippen LogP contribution >= 0.6 is 15.9 Å². The van der Waals surface area contributed by atoms with Gasteiger partial charge in [0.15, 0.2) is 6.61 Å². The number of amides is 1. The Kier molecular flexibility index (Phi) is 5.05. The molecule has 6 heteroatoms. The number of anilines is 2. The van der Waals surface area contributed by atoms with Gasteiger partial charge >= 0.3 is 0 Å². The van der Waals surface area contributed by atoms with E-state index in [1.807, 2.05) is 12.1 Å². The summed E-state index contributed by atoms with van der Waals surface area (Å²) in [5.41, 5.74) is 6.94. The van der Waals surface area contributed by atoms with Crippen LogP contribution in [0.3, 0.4) is 0 Å². The minimum Gasteiger partial charge on any atom is -0.495 e. The lowest BCUT2D eigenvalue weighted by molar-refractivity contribution is -0.118. The number of nitrogen functional groups attached to an aromatic ring is 1. The molecule has 0 spiro atoms. The second-order valence-corrected chi connectivity index (χ2v) is 5.16. The lowest BCUT2D eigenvalue weighted by atomic mass is 10.3. The normalized spacial score (nSPS) is 10.0. The van der Waals surface area contributed by atoms with Gasteiger partial charge in [-0.15, -0.1) is 0 Å². The third-order valence-electron chi connectivity index (χ3n) is 2.70. The highest BCUT2D eigenvalue weighted by molar-refractivity contribution is 9.10. The highest BCUT2D eigenvalue weighted by Gasteiger charge is 2.06. The number of hydrogen-bond donors (Lipinski definition) is 2. The second kappa shape index (κ2) is 6.99. The van der Waals surface area contributed by atoms with Crippen molar-refractivity contribution in [2.75, 3.05) is 24.8 Å². The molecule has 0 saturated heterocycles. The van der Waals surface area contributed by atoms with Crippen molar-refractivity contribution in [2.24, 2.45) is 0 Å². The van der Waals surface area contributed by atoms with Crippen LogP contribution < -0.4 is 20.5 Å². The number of ether oxygens (including phenoxy) is 2. The molecule has 21 heavy (non-hydrogen) atoms. The van der Waals surface area contributed by atoms with Crippen LogP contribution in [-0.4, -0.2) is 19.6 Å². The van der Waals surface area contributed by atoms with Crippen LogP contribution in [0.15, 0.2) is 46.9 Å². The van der Waals surface area contributed by atoms with E-state index in [0.29, 0.717) is 22.9 Å². The maximum Gasteiger partial charge on any atom is 0.262 e. The monoisotopic (exact) mass is 350 g/mol. The predicted octanol–water partition coefficient (Wildman–Crippen LogP) is 3.06. The van der Waals surface area contributed by atoms with Gasteiger partial charge in [0.05, 0.1) is 12.8 Å². The van der Waals surface area contributed by atoms with E-state index in [4.69, 9.17) is 15.2 Å². The van der Waals surface area contributed by atoms with Crippen molar-refractivity contribution in [1.82, 2.24) is 0 Å². The number of benzene rings is 2. The first kappa shape index (κ1) is 15.2. The number of hydrogen-bond acceptors (Lipinski definition) is 4. The molecule has 0 bridgehead atoms. The van der Waals surface area contributed by atoms with Crippen LogP contribution in [0, 0.1) is 0 Å². The van der Waals surface area contributed by atoms with E-state index in [0.717, 1.165) is 4.47 Å². The molecular formula is C15H15BrN2O3. The number of nitrogens with two attached hydrogens (primary N) is 1. The highest BCUT2D eigenvalue weighted by atomic mass is 79.9. The Balaban J connectivity index is 1.89. The Labute approximate surface area is 131 Å². The molecule has 2 rings (SSSR count). The fraction of sp³-hybridized carbons (Fsp3) is 0.133. The molecule has 2 aromatic carbocycles. The topological polar surface area (TPSA) is 73.6 Å². The van der Waals surface area contributed by atoms with Gasteiger partial charge < -0.3 is 20.5 Å². The van der Waals surface area contributed by atoms with Gasteiger partial charge in [-0.3, -0.25) is 4.79 Å². The standard InChI is InChI=1S/C15H15BrN2O3/c1-20-14-7-6-12(8-13(14)17)21-9-15(19)18-11-4-2-10(16)3-5-11/h2-8H,9,17H2,1H3,(H,18,19). The number of nitrogens with one attached hydrogen (secondary N) is 1. The van der Waals surface area contributed by atoms with Crippen molar-refractivity contribution in [3.63, 3.8) is 0 Å². The number of carbonyl (C=O) groups excluding carboxylic acids is 1. The van der Waals surface area contributed by atoms with Crippen molar-refractivity contribution in [3.05, 3.63) is 46.9 Å². The quantitative estimate of drug-likeness (QED) is 0.812. The van der Waals surface area contributed by atoms with Crippen LogP contribution in [0.2, 0.25) is 0 Å². The zero-order chi connectivity index (χ0) is 15.2. The highest BCUT2D eigenvalue weighted by Crippen LogP contribution is 2.25. The molecule has 0 atom stereocenters. The van der Waals surface area contributed by atoms with Crippen LogP contribution in [0.5, 0.6) is 11.5 Å². The Hall–Kier alpha value is -2.21. The van der Waals surface area contributed by atoms with E-state index in [9.17, 15) is 4.79 Å². The van der Waals surface area contributed by atoms with E-state index >= 15 is 0 Å². The van der Waals surface area contributed by atoms with Crippen LogP contribution in [0.1, 0.15) is 0 Å². The molecule has 5 nitrogen and oxygen atoms in total. The van der Waals surface area contributed by atoms with E-state index < -0.39 is 0 Å². The summed E-state index contributed by atoms with van der Waals surface area (Å²) in [6.07, 6.45) is 0. The average Bonchev–Trinajstić information content (AvgIpc) is 2.48. The van der Waals surface area contributed by atoms with E-state index in [1.54, 1.807) is 30.3 Å². The molecular weight excluding hydrogens is 336 g/mol. The van der Waals surface area contributed by atoms with E-state index in [1.165, 1.54) is 7.11 Å². The van der Waals surface area contributed by atoms with Crippen LogP contribution in [-0.2, 0) is 4.79 Å². The van der Waals surface area contributed by atoms with Crippen LogP contribution in [0.25, 0.3) is 0 Å². The van der Waals surface area contributed by atoms with Crippen molar-refractivity contribution < 1.29 is 14.3 Å². The molecule has 0 aromatic heterocycles. The van der Waals surface area contributed by atoms with Gasteiger partial charge in [-0.25, -0.2) is 0 Å². The summed E-state index contributed by atoms with van der Waals surface area (Å²) in [5.74, 6) is 0.840. The lowest BCUT2D eigenvalue weighted by Gasteiger charge is -2.09. The molecule has 0 aliphatic rings. The van der Waals surface area contributed by atoms with Crippen molar-refractivity contribution in [3.8, 4) is 11.5 Å². The second-order valence-electron chi connectivity index (χ2n) is 4.25. The first-order chi connectivity index (χ1) is 10.1. The zero-order valence-corrected chi connectivity index (χ0v) is 13.0. The fourth-order valence-electron chi connectivity index (χ4n) is 1.68. The number of methoxy groups -OCH3 is 1. The molecule has 110 valence electrons. The fourth-order valence-corrected chi connectivity index (χ4v) is 1.95. The minimum absolute atomic E-state index is 0.0954. The van der Waals surface area contributed by atoms with Gasteiger partial charge in [0, 0.05) is 16.2 Å². The first-order valence-corrected chi connectivity index (χ1v) is 6.99. The van der Waals surface area contributed by atoms with Crippen LogP contribution in [0.4, 0.5) is 11.4 Å². The van der Waals surface area contributed by atoms with Crippen molar-refractivity contribution in [1.29, 1.82) is 0 Å². The van der Waals surface area contributed by atoms with Gasteiger partial charge in [-0.2, -0.15) is 0 Å². The Bertz CT molecular complexity index is 629. The summed E-state index contributed by atoms with van der Waals surface area (Å²) in [6.45, 7) is -0.0954. The Morgan fingerprint density at radius 2 is 1.95 bits per heavy atom. The summed E-state index contributed by atoms with van der Waals surface area (Å²) in [5, 5.41) is 2.74. The maximum atomic E-state index is 11.8. The number of halogens is 1. The predicted molar refractivity (Wildman–Crippen MR) is 85.7 cm³/mol. The van der Waals surface area contributed by atoms with Gasteiger partial charge in [-0.05, 0) is 36.4 Å². The van der Waals surface area contributed by atoms with Gasteiger partial charge in [0.25, 0.3) is 5.91 Å². The molecule has 0 aliphatic heterocycles. The summed E-state index contributed by atoms with van der Waals surface area (Å²) in [4.78, 5) is 11.8. The Morgan fingerprint density at radius 3 is 2.57 bits per heavy atom. The van der Waals surface area contributed by atoms with Gasteiger partial charge in [-0.1, -0.05) is 15.9 Å². The van der Waals surface area contributed by atoms with E-state index in [-0.39, 0.29) is 12.5 Å². The molecule has 0 heterocycles. The minimum atomic E-state index is -0.244. The summed E-state index contributed by atoms with van der Waals surface area (Å²) in [7, 11) is 1.54. The molecule has 0 fully saturated rings. The largest absolute Gasteiger partial charge is 0.495 e. The first-order valence-electron chi connectivity index (χ1n) is 6.20. The number of carbonyl (C=O) groups is 1. The molecule has 1 amide bonds. The lowest BCUT2D eigenvalue weighted by Crippen LogP contribution is -2.20. The summed E-state index contributed by atoms with van der Waals surface area (Å²) >= 11 is 3.33. The number of rotatable bonds is 5. The maximum absolute atomic E-state index is 11.8. The SMILES string of the molecule is COc1ccc(OCC(=O)Nc2ccc(Br)cc2)cc1N. The van der Waals surface area contributed by atoms with Crippen molar-refractivity contribution in [2.45, 2.75) is 0 Å². The molecule has 3 N–H and O–H groups in total. The molecule has 0 unspecified atom stereocenters. The summed E-state index contributed by atoms with van der Waals surface area (Å²) < 4.78 is 11.4.